The molecule has 0 N–H and O–H groups in total. The molecule has 0 aliphatic carbocycles. The first-order chi connectivity index (χ1) is 14.5. The van der Waals surface area contributed by atoms with Gasteiger partial charge in [0.15, 0.2) is 0 Å². The molecule has 0 unspecified atom stereocenters. The SMILES string of the molecule is Cc1cccc(Oc2cc(Oc3cccc(C)n3)cc(Oc3cccc(C)n3)c2)n1. The Morgan fingerprint density at radius 2 is 0.767 bits per heavy atom. The van der Waals surface area contributed by atoms with Crippen LogP contribution in [0, 0.1) is 20.8 Å². The summed E-state index contributed by atoms with van der Waals surface area (Å²) in [6.07, 6.45) is 0. The standard InChI is InChI=1S/C24H21N3O3/c1-16-7-4-10-22(25-16)28-19-13-20(29-23-11-5-8-17(2)26-23)15-21(14-19)30-24-12-6-9-18(3)27-24/h4-15H,1-3H3. The molecular formula is C24H21N3O3. The van der Waals surface area contributed by atoms with Gasteiger partial charge in [0.1, 0.15) is 17.2 Å². The van der Waals surface area contributed by atoms with Crippen LogP contribution >= 0.6 is 0 Å². The predicted octanol–water partition coefficient (Wildman–Crippen LogP) is 6.17. The third-order valence-electron chi connectivity index (χ3n) is 4.11. The maximum atomic E-state index is 5.95. The van der Waals surface area contributed by atoms with Crippen LogP contribution in [0.1, 0.15) is 17.1 Å². The van der Waals surface area contributed by atoms with Gasteiger partial charge in [-0.3, -0.25) is 0 Å². The van der Waals surface area contributed by atoms with Gasteiger partial charge in [0, 0.05) is 53.5 Å². The fraction of sp³-hybridized carbons (Fsp3) is 0.125. The van der Waals surface area contributed by atoms with Gasteiger partial charge >= 0.3 is 0 Å². The van der Waals surface area contributed by atoms with E-state index in [1.807, 2.05) is 57.2 Å². The summed E-state index contributed by atoms with van der Waals surface area (Å²) in [5.41, 5.74) is 2.60. The number of ether oxygens (including phenoxy) is 3. The topological polar surface area (TPSA) is 66.4 Å². The van der Waals surface area contributed by atoms with Crippen LogP contribution in [-0.2, 0) is 0 Å². The normalized spacial score (nSPS) is 10.5. The summed E-state index contributed by atoms with van der Waals surface area (Å²) in [7, 11) is 0. The van der Waals surface area contributed by atoms with E-state index in [-0.39, 0.29) is 0 Å². The molecule has 0 bridgehead atoms. The molecule has 0 radical (unpaired) electrons. The van der Waals surface area contributed by atoms with Crippen molar-refractivity contribution in [3.63, 3.8) is 0 Å². The Labute approximate surface area is 175 Å². The van der Waals surface area contributed by atoms with Gasteiger partial charge in [-0.1, -0.05) is 18.2 Å². The molecule has 3 aromatic heterocycles. The van der Waals surface area contributed by atoms with Crippen LogP contribution in [0.3, 0.4) is 0 Å². The number of aryl methyl sites for hydroxylation is 3. The first-order valence-corrected chi connectivity index (χ1v) is 9.53. The molecule has 0 saturated heterocycles. The van der Waals surface area contributed by atoms with Gasteiger partial charge in [-0.15, -0.1) is 0 Å². The van der Waals surface area contributed by atoms with Crippen molar-refractivity contribution >= 4 is 0 Å². The van der Waals surface area contributed by atoms with Gasteiger partial charge in [0.05, 0.1) is 0 Å². The highest BCUT2D eigenvalue weighted by atomic mass is 16.5. The fourth-order valence-electron chi connectivity index (χ4n) is 2.81. The lowest BCUT2D eigenvalue weighted by atomic mass is 10.3. The molecule has 0 aliphatic rings. The van der Waals surface area contributed by atoms with Crippen molar-refractivity contribution < 1.29 is 14.2 Å². The lowest BCUT2D eigenvalue weighted by Gasteiger charge is -2.12. The van der Waals surface area contributed by atoms with E-state index >= 15 is 0 Å². The number of nitrogens with zero attached hydrogens (tertiary/aromatic N) is 3. The molecule has 4 aromatic rings. The number of pyridine rings is 3. The monoisotopic (exact) mass is 399 g/mol. The molecule has 0 amide bonds. The van der Waals surface area contributed by atoms with Gasteiger partial charge in [-0.25, -0.2) is 15.0 Å². The Morgan fingerprint density at radius 3 is 1.03 bits per heavy atom. The maximum absolute atomic E-state index is 5.95. The van der Waals surface area contributed by atoms with Crippen LogP contribution in [0.2, 0.25) is 0 Å². The number of aromatic nitrogens is 3. The van der Waals surface area contributed by atoms with E-state index in [9.17, 15) is 0 Å². The number of hydrogen-bond acceptors (Lipinski definition) is 6. The average molecular weight is 399 g/mol. The van der Waals surface area contributed by atoms with E-state index in [1.165, 1.54) is 0 Å². The molecule has 0 aliphatic heterocycles. The third kappa shape index (κ3) is 5.11. The molecule has 6 heteroatoms. The van der Waals surface area contributed by atoms with E-state index in [4.69, 9.17) is 14.2 Å². The van der Waals surface area contributed by atoms with Gasteiger partial charge in [0.2, 0.25) is 17.6 Å². The highest BCUT2D eigenvalue weighted by Gasteiger charge is 2.10. The van der Waals surface area contributed by atoms with E-state index in [2.05, 4.69) is 15.0 Å². The van der Waals surface area contributed by atoms with Crippen LogP contribution in [-0.4, -0.2) is 15.0 Å². The van der Waals surface area contributed by atoms with Crippen molar-refractivity contribution in [2.24, 2.45) is 0 Å². The van der Waals surface area contributed by atoms with Crippen LogP contribution in [0.15, 0.2) is 72.8 Å². The summed E-state index contributed by atoms with van der Waals surface area (Å²) in [4.78, 5) is 13.2. The average Bonchev–Trinajstić information content (AvgIpc) is 2.68. The summed E-state index contributed by atoms with van der Waals surface area (Å²) in [5.74, 6) is 3.05. The van der Waals surface area contributed by atoms with Crippen molar-refractivity contribution in [2.45, 2.75) is 20.8 Å². The van der Waals surface area contributed by atoms with Crippen molar-refractivity contribution in [2.75, 3.05) is 0 Å². The number of rotatable bonds is 6. The van der Waals surface area contributed by atoms with Crippen LogP contribution in [0.4, 0.5) is 0 Å². The smallest absolute Gasteiger partial charge is 0.219 e. The quantitative estimate of drug-likeness (QED) is 0.386. The molecule has 0 fully saturated rings. The van der Waals surface area contributed by atoms with E-state index in [0.717, 1.165) is 17.1 Å². The zero-order valence-corrected chi connectivity index (χ0v) is 17.0. The summed E-state index contributed by atoms with van der Waals surface area (Å²) < 4.78 is 17.9. The molecule has 3 heterocycles. The van der Waals surface area contributed by atoms with Gasteiger partial charge in [-0.2, -0.15) is 0 Å². The number of benzene rings is 1. The van der Waals surface area contributed by atoms with Gasteiger partial charge < -0.3 is 14.2 Å². The van der Waals surface area contributed by atoms with Crippen molar-refractivity contribution in [1.29, 1.82) is 0 Å². The minimum Gasteiger partial charge on any atom is -0.439 e. The highest BCUT2D eigenvalue weighted by Crippen LogP contribution is 2.34. The largest absolute Gasteiger partial charge is 0.439 e. The first kappa shape index (κ1) is 19.4. The van der Waals surface area contributed by atoms with Crippen molar-refractivity contribution in [1.82, 2.24) is 15.0 Å². The minimum absolute atomic E-state index is 0.487. The number of hydrogen-bond donors (Lipinski definition) is 0. The Kier molecular flexibility index (Phi) is 5.57. The van der Waals surface area contributed by atoms with Gasteiger partial charge in [-0.05, 0) is 39.0 Å². The summed E-state index contributed by atoms with van der Waals surface area (Å²) in [5, 5.41) is 0. The van der Waals surface area contributed by atoms with Crippen LogP contribution in [0.25, 0.3) is 0 Å². The molecule has 6 nitrogen and oxygen atoms in total. The first-order valence-electron chi connectivity index (χ1n) is 9.53. The lowest BCUT2D eigenvalue weighted by molar-refractivity contribution is 0.421. The fourth-order valence-corrected chi connectivity index (χ4v) is 2.81. The molecule has 1 aromatic carbocycles. The molecule has 0 spiro atoms. The lowest BCUT2D eigenvalue weighted by Crippen LogP contribution is -1.95. The molecule has 0 atom stereocenters. The van der Waals surface area contributed by atoms with Gasteiger partial charge in [0.25, 0.3) is 0 Å². The second-order valence-electron chi connectivity index (χ2n) is 6.80. The summed E-state index contributed by atoms with van der Waals surface area (Å²) in [6, 6.07) is 22.1. The van der Waals surface area contributed by atoms with E-state index < -0.39 is 0 Å². The van der Waals surface area contributed by atoms with Crippen LogP contribution < -0.4 is 14.2 Å². The highest BCUT2D eigenvalue weighted by molar-refractivity contribution is 5.45. The Hall–Kier alpha value is -3.93. The summed E-state index contributed by atoms with van der Waals surface area (Å²) >= 11 is 0. The molecule has 150 valence electrons. The molecular weight excluding hydrogens is 378 g/mol. The van der Waals surface area contributed by atoms with Crippen LogP contribution in [0.5, 0.6) is 34.9 Å². The molecule has 30 heavy (non-hydrogen) atoms. The van der Waals surface area contributed by atoms with Crippen molar-refractivity contribution in [3.05, 3.63) is 89.9 Å². The third-order valence-corrected chi connectivity index (χ3v) is 4.11. The zero-order valence-electron chi connectivity index (χ0n) is 17.0. The maximum Gasteiger partial charge on any atom is 0.219 e. The van der Waals surface area contributed by atoms with E-state index in [0.29, 0.717) is 34.9 Å². The molecule has 0 saturated carbocycles. The minimum atomic E-state index is 0.487. The second kappa shape index (κ2) is 8.61. The zero-order chi connectivity index (χ0) is 20.9. The second-order valence-corrected chi connectivity index (χ2v) is 6.80. The van der Waals surface area contributed by atoms with Crippen molar-refractivity contribution in [3.8, 4) is 34.9 Å². The summed E-state index contributed by atoms with van der Waals surface area (Å²) in [6.45, 7) is 5.73. The molecule has 4 rings (SSSR count). The predicted molar refractivity (Wildman–Crippen MR) is 114 cm³/mol. The Bertz CT molecular complexity index is 1020. The Morgan fingerprint density at radius 1 is 0.467 bits per heavy atom. The van der Waals surface area contributed by atoms with E-state index in [1.54, 1.807) is 36.4 Å². The Balaban J connectivity index is 1.67.